The van der Waals surface area contributed by atoms with Crippen LogP contribution in [0.4, 0.5) is 5.00 Å². The van der Waals surface area contributed by atoms with E-state index < -0.39 is 0 Å². The average Bonchev–Trinajstić information content (AvgIpc) is 3.35. The number of amides is 1. The number of rotatable bonds is 4. The lowest BCUT2D eigenvalue weighted by Crippen LogP contribution is -2.52. The maximum atomic E-state index is 12.8. The standard InChI is InChI=1S/C23H31N5OS/c1-24-23(28-14-12-26(13-15-28)21-9-6-16-30-21)25-18-19-7-5-8-20(17-19)22(29)27-10-3-2-4-11-27/h5-9,16-17H,2-4,10-15,18H2,1H3,(H,24,25). The minimum absolute atomic E-state index is 0.158. The third-order valence-electron chi connectivity index (χ3n) is 5.88. The van der Waals surface area contributed by atoms with Crippen LogP contribution in [0.25, 0.3) is 0 Å². The maximum Gasteiger partial charge on any atom is 0.253 e. The second kappa shape index (κ2) is 9.98. The van der Waals surface area contributed by atoms with E-state index in [2.05, 4.69) is 43.7 Å². The summed E-state index contributed by atoms with van der Waals surface area (Å²) in [6.07, 6.45) is 3.46. The van der Waals surface area contributed by atoms with Gasteiger partial charge in [0.05, 0.1) is 5.00 Å². The summed E-state index contributed by atoms with van der Waals surface area (Å²) in [6, 6.07) is 12.3. The minimum Gasteiger partial charge on any atom is -0.360 e. The monoisotopic (exact) mass is 425 g/mol. The number of thiophene rings is 1. The Kier molecular flexibility index (Phi) is 6.89. The molecule has 0 aliphatic carbocycles. The lowest BCUT2D eigenvalue weighted by Gasteiger charge is -2.37. The van der Waals surface area contributed by atoms with Crippen LogP contribution in [0.3, 0.4) is 0 Å². The van der Waals surface area contributed by atoms with Crippen molar-refractivity contribution in [1.82, 2.24) is 15.1 Å². The number of hydrogen-bond acceptors (Lipinski definition) is 4. The highest BCUT2D eigenvalue weighted by Gasteiger charge is 2.21. The van der Waals surface area contributed by atoms with Crippen molar-refractivity contribution in [2.24, 2.45) is 4.99 Å². The highest BCUT2D eigenvalue weighted by atomic mass is 32.1. The first-order chi connectivity index (χ1) is 14.7. The lowest BCUT2D eigenvalue weighted by atomic mass is 10.1. The summed E-state index contributed by atoms with van der Waals surface area (Å²) in [5.74, 6) is 1.08. The molecule has 0 radical (unpaired) electrons. The zero-order valence-corrected chi connectivity index (χ0v) is 18.5. The number of piperidine rings is 1. The number of piperazine rings is 1. The summed E-state index contributed by atoms with van der Waals surface area (Å²) < 4.78 is 0. The van der Waals surface area contributed by atoms with Gasteiger partial charge in [-0.15, -0.1) is 11.3 Å². The molecule has 2 saturated heterocycles. The van der Waals surface area contributed by atoms with E-state index in [1.54, 1.807) is 11.3 Å². The van der Waals surface area contributed by atoms with Gasteiger partial charge in [0, 0.05) is 58.4 Å². The van der Waals surface area contributed by atoms with Crippen LogP contribution in [0.5, 0.6) is 0 Å². The van der Waals surface area contributed by atoms with Crippen LogP contribution in [-0.4, -0.2) is 68.0 Å². The van der Waals surface area contributed by atoms with Crippen LogP contribution in [0.15, 0.2) is 46.8 Å². The second-order valence-corrected chi connectivity index (χ2v) is 8.81. The summed E-state index contributed by atoms with van der Waals surface area (Å²) in [5, 5.41) is 6.96. The van der Waals surface area contributed by atoms with Crippen LogP contribution in [0.2, 0.25) is 0 Å². The Morgan fingerprint density at radius 1 is 1.00 bits per heavy atom. The van der Waals surface area contributed by atoms with Gasteiger partial charge >= 0.3 is 0 Å². The fourth-order valence-corrected chi connectivity index (χ4v) is 4.98. The van der Waals surface area contributed by atoms with E-state index in [-0.39, 0.29) is 5.91 Å². The zero-order chi connectivity index (χ0) is 20.8. The first-order valence-corrected chi connectivity index (χ1v) is 11.7. The van der Waals surface area contributed by atoms with E-state index in [0.717, 1.165) is 69.2 Å². The third-order valence-corrected chi connectivity index (χ3v) is 6.81. The molecule has 2 aromatic rings. The fraction of sp³-hybridized carbons (Fsp3) is 0.478. The van der Waals surface area contributed by atoms with Gasteiger partial charge in [0.1, 0.15) is 0 Å². The normalized spacial score (nSPS) is 17.9. The number of likely N-dealkylation sites (tertiary alicyclic amines) is 1. The van der Waals surface area contributed by atoms with Crippen molar-refractivity contribution in [1.29, 1.82) is 0 Å². The summed E-state index contributed by atoms with van der Waals surface area (Å²) in [7, 11) is 1.84. The summed E-state index contributed by atoms with van der Waals surface area (Å²) in [6.45, 7) is 6.33. The molecule has 1 amide bonds. The summed E-state index contributed by atoms with van der Waals surface area (Å²) in [5.41, 5.74) is 1.90. The number of carbonyl (C=O) groups excluding carboxylic acids is 1. The number of aliphatic imine (C=N–C) groups is 1. The Balaban J connectivity index is 1.31. The Hall–Kier alpha value is -2.54. The van der Waals surface area contributed by atoms with Gasteiger partial charge in [-0.05, 0) is 54.5 Å². The molecule has 0 unspecified atom stereocenters. The smallest absolute Gasteiger partial charge is 0.253 e. The van der Waals surface area contributed by atoms with Crippen molar-refractivity contribution in [3.8, 4) is 0 Å². The van der Waals surface area contributed by atoms with Gasteiger partial charge in [0.25, 0.3) is 5.91 Å². The molecule has 7 heteroatoms. The van der Waals surface area contributed by atoms with Crippen molar-refractivity contribution < 1.29 is 4.79 Å². The van der Waals surface area contributed by atoms with Crippen molar-refractivity contribution >= 4 is 28.2 Å². The van der Waals surface area contributed by atoms with Crippen LogP contribution in [0, 0.1) is 0 Å². The average molecular weight is 426 g/mol. The largest absolute Gasteiger partial charge is 0.360 e. The predicted molar refractivity (Wildman–Crippen MR) is 125 cm³/mol. The van der Waals surface area contributed by atoms with Gasteiger partial charge in [-0.25, -0.2) is 0 Å². The fourth-order valence-electron chi connectivity index (χ4n) is 4.20. The van der Waals surface area contributed by atoms with E-state index >= 15 is 0 Å². The van der Waals surface area contributed by atoms with Crippen molar-refractivity contribution in [3.63, 3.8) is 0 Å². The van der Waals surface area contributed by atoms with E-state index in [9.17, 15) is 4.79 Å². The molecule has 160 valence electrons. The van der Waals surface area contributed by atoms with Crippen LogP contribution < -0.4 is 10.2 Å². The lowest BCUT2D eigenvalue weighted by molar-refractivity contribution is 0.0724. The molecule has 2 aliphatic rings. The van der Waals surface area contributed by atoms with Gasteiger partial charge in [-0.1, -0.05) is 12.1 Å². The number of hydrogen-bond donors (Lipinski definition) is 1. The topological polar surface area (TPSA) is 51.2 Å². The number of carbonyl (C=O) groups is 1. The molecule has 30 heavy (non-hydrogen) atoms. The highest BCUT2D eigenvalue weighted by Crippen LogP contribution is 2.22. The number of nitrogens with zero attached hydrogens (tertiary/aromatic N) is 4. The molecule has 0 atom stereocenters. The first-order valence-electron chi connectivity index (χ1n) is 10.9. The quantitative estimate of drug-likeness (QED) is 0.603. The Labute approximate surface area is 183 Å². The molecule has 3 heterocycles. The number of guanidine groups is 1. The molecule has 0 spiro atoms. The van der Waals surface area contributed by atoms with Gasteiger partial charge in [-0.3, -0.25) is 9.79 Å². The molecule has 2 fully saturated rings. The van der Waals surface area contributed by atoms with Crippen molar-refractivity contribution in [2.45, 2.75) is 25.8 Å². The van der Waals surface area contributed by atoms with Gasteiger partial charge < -0.3 is 20.0 Å². The Bertz CT molecular complexity index is 852. The molecule has 0 bridgehead atoms. The van der Waals surface area contributed by atoms with E-state index in [4.69, 9.17) is 0 Å². The molecule has 6 nitrogen and oxygen atoms in total. The van der Waals surface area contributed by atoms with E-state index in [0.29, 0.717) is 6.54 Å². The van der Waals surface area contributed by atoms with E-state index in [1.807, 2.05) is 30.1 Å². The van der Waals surface area contributed by atoms with Crippen LogP contribution in [-0.2, 0) is 6.54 Å². The van der Waals surface area contributed by atoms with Crippen LogP contribution in [0.1, 0.15) is 35.2 Å². The Morgan fingerprint density at radius 3 is 2.50 bits per heavy atom. The molecular weight excluding hydrogens is 394 g/mol. The maximum absolute atomic E-state index is 12.8. The predicted octanol–water partition coefficient (Wildman–Crippen LogP) is 3.27. The van der Waals surface area contributed by atoms with Crippen molar-refractivity contribution in [3.05, 3.63) is 52.9 Å². The van der Waals surface area contributed by atoms with Crippen LogP contribution >= 0.6 is 11.3 Å². The highest BCUT2D eigenvalue weighted by molar-refractivity contribution is 7.14. The second-order valence-electron chi connectivity index (χ2n) is 7.88. The molecular formula is C23H31N5OS. The summed E-state index contributed by atoms with van der Waals surface area (Å²) in [4.78, 5) is 24.0. The minimum atomic E-state index is 0.158. The Morgan fingerprint density at radius 2 is 1.80 bits per heavy atom. The molecule has 0 saturated carbocycles. The molecule has 1 aromatic heterocycles. The van der Waals surface area contributed by atoms with Crippen molar-refractivity contribution in [2.75, 3.05) is 51.2 Å². The summed E-state index contributed by atoms with van der Waals surface area (Å²) >= 11 is 1.80. The van der Waals surface area contributed by atoms with Gasteiger partial charge in [0.2, 0.25) is 0 Å². The first kappa shape index (κ1) is 20.7. The SMILES string of the molecule is CN=C(NCc1cccc(C(=O)N2CCCCC2)c1)N1CCN(c2cccs2)CC1. The zero-order valence-electron chi connectivity index (χ0n) is 17.7. The third kappa shape index (κ3) is 4.95. The number of benzene rings is 1. The van der Waals surface area contributed by atoms with E-state index in [1.165, 1.54) is 11.4 Å². The van der Waals surface area contributed by atoms with Gasteiger partial charge in [-0.2, -0.15) is 0 Å². The number of nitrogens with one attached hydrogen (secondary N) is 1. The van der Waals surface area contributed by atoms with Gasteiger partial charge in [0.15, 0.2) is 5.96 Å². The molecule has 2 aliphatic heterocycles. The molecule has 1 aromatic carbocycles. The molecule has 1 N–H and O–H groups in total. The number of anilines is 1. The molecule has 4 rings (SSSR count).